The summed E-state index contributed by atoms with van der Waals surface area (Å²) in [6.07, 6.45) is 10.1. The minimum Gasteiger partial charge on any atom is -0.366 e. The number of carbonyl (C=O) groups is 3. The van der Waals surface area contributed by atoms with E-state index in [1.54, 1.807) is 12.1 Å². The average molecular weight is 484 g/mol. The number of hydrogen-bond donors (Lipinski definition) is 3. The molecule has 5 N–H and O–H groups in total. The SMILES string of the molecule is CCC(C)C1CCC(C(=O)Nc2cc(C(N)=O)c(C3CCC(C(C)CC)CC3)c(C(N)=O)c2)CC1. The van der Waals surface area contributed by atoms with Crippen molar-refractivity contribution < 1.29 is 14.4 Å². The third-order valence-corrected chi connectivity index (χ3v) is 9.20. The molecule has 2 atom stereocenters. The summed E-state index contributed by atoms with van der Waals surface area (Å²) in [7, 11) is 0. The second kappa shape index (κ2) is 12.0. The molecule has 0 spiro atoms. The van der Waals surface area contributed by atoms with Gasteiger partial charge in [-0.15, -0.1) is 0 Å². The van der Waals surface area contributed by atoms with Crippen molar-refractivity contribution in [3.05, 3.63) is 28.8 Å². The van der Waals surface area contributed by atoms with Gasteiger partial charge < -0.3 is 16.8 Å². The van der Waals surface area contributed by atoms with Crippen molar-refractivity contribution in [1.29, 1.82) is 0 Å². The van der Waals surface area contributed by atoms with Crippen LogP contribution in [-0.2, 0) is 4.79 Å². The molecule has 1 aromatic rings. The molecule has 0 bridgehead atoms. The molecular formula is C29H45N3O3. The molecule has 0 aromatic heterocycles. The van der Waals surface area contributed by atoms with Gasteiger partial charge in [-0.25, -0.2) is 0 Å². The highest BCUT2D eigenvalue weighted by molar-refractivity contribution is 6.04. The largest absolute Gasteiger partial charge is 0.366 e. The number of amides is 3. The number of carbonyl (C=O) groups excluding carboxylic acids is 3. The molecule has 6 nitrogen and oxygen atoms in total. The van der Waals surface area contributed by atoms with E-state index in [9.17, 15) is 14.4 Å². The van der Waals surface area contributed by atoms with Crippen molar-refractivity contribution in [1.82, 2.24) is 0 Å². The van der Waals surface area contributed by atoms with Gasteiger partial charge in [0.2, 0.25) is 17.7 Å². The zero-order valence-corrected chi connectivity index (χ0v) is 22.1. The lowest BCUT2D eigenvalue weighted by Crippen LogP contribution is -2.30. The fraction of sp³-hybridized carbons (Fsp3) is 0.690. The van der Waals surface area contributed by atoms with Gasteiger partial charge in [0.15, 0.2) is 0 Å². The predicted molar refractivity (Wildman–Crippen MR) is 141 cm³/mol. The van der Waals surface area contributed by atoms with Crippen molar-refractivity contribution >= 4 is 23.4 Å². The second-order valence-electron chi connectivity index (χ2n) is 11.2. The van der Waals surface area contributed by atoms with E-state index in [2.05, 4.69) is 33.0 Å². The van der Waals surface area contributed by atoms with Crippen LogP contribution in [0.5, 0.6) is 0 Å². The quantitative estimate of drug-likeness (QED) is 0.400. The smallest absolute Gasteiger partial charge is 0.249 e. The number of nitrogens with one attached hydrogen (secondary N) is 1. The summed E-state index contributed by atoms with van der Waals surface area (Å²) in [5.74, 6) is 1.48. The number of nitrogens with two attached hydrogens (primary N) is 2. The Morgan fingerprint density at radius 2 is 1.23 bits per heavy atom. The van der Waals surface area contributed by atoms with E-state index < -0.39 is 11.8 Å². The van der Waals surface area contributed by atoms with Crippen molar-refractivity contribution in [2.75, 3.05) is 5.32 Å². The van der Waals surface area contributed by atoms with Crippen LogP contribution >= 0.6 is 0 Å². The average Bonchev–Trinajstić information content (AvgIpc) is 2.87. The van der Waals surface area contributed by atoms with Crippen molar-refractivity contribution in [2.45, 2.75) is 97.8 Å². The Labute approximate surface area is 211 Å². The van der Waals surface area contributed by atoms with Gasteiger partial charge in [-0.3, -0.25) is 14.4 Å². The molecule has 0 saturated heterocycles. The lowest BCUT2D eigenvalue weighted by molar-refractivity contribution is -0.121. The lowest BCUT2D eigenvalue weighted by Gasteiger charge is -2.33. The lowest BCUT2D eigenvalue weighted by atomic mass is 9.72. The molecular weight excluding hydrogens is 438 g/mol. The Morgan fingerprint density at radius 3 is 1.63 bits per heavy atom. The minimum atomic E-state index is -0.586. The molecule has 3 amide bonds. The van der Waals surface area contributed by atoms with Gasteiger partial charge in [-0.2, -0.15) is 0 Å². The van der Waals surface area contributed by atoms with Crippen LogP contribution in [0, 0.1) is 29.6 Å². The summed E-state index contributed by atoms with van der Waals surface area (Å²) >= 11 is 0. The topological polar surface area (TPSA) is 115 Å². The van der Waals surface area contributed by atoms with Crippen molar-refractivity contribution in [2.24, 2.45) is 41.1 Å². The third-order valence-electron chi connectivity index (χ3n) is 9.20. The fourth-order valence-electron chi connectivity index (χ4n) is 6.41. The molecule has 2 aliphatic carbocycles. The normalized spacial score (nSPS) is 26.5. The molecule has 2 aliphatic rings. The molecule has 2 saturated carbocycles. The summed E-state index contributed by atoms with van der Waals surface area (Å²) in [4.78, 5) is 38.0. The molecule has 0 heterocycles. The second-order valence-corrected chi connectivity index (χ2v) is 11.2. The van der Waals surface area contributed by atoms with Crippen LogP contribution in [0.2, 0.25) is 0 Å². The maximum Gasteiger partial charge on any atom is 0.249 e. The van der Waals surface area contributed by atoms with Crippen LogP contribution < -0.4 is 16.8 Å². The number of hydrogen-bond acceptors (Lipinski definition) is 3. The zero-order valence-electron chi connectivity index (χ0n) is 22.1. The summed E-state index contributed by atoms with van der Waals surface area (Å²) in [6.45, 7) is 9.03. The van der Waals surface area contributed by atoms with Gasteiger partial charge in [0.25, 0.3) is 0 Å². The Morgan fingerprint density at radius 1 is 0.800 bits per heavy atom. The predicted octanol–water partition coefficient (Wildman–Crippen LogP) is 6.00. The van der Waals surface area contributed by atoms with Gasteiger partial charge in [-0.1, -0.05) is 40.5 Å². The highest BCUT2D eigenvalue weighted by Gasteiger charge is 2.32. The van der Waals surface area contributed by atoms with Gasteiger partial charge in [0.05, 0.1) is 0 Å². The summed E-state index contributed by atoms with van der Waals surface area (Å²) in [5.41, 5.74) is 13.3. The van der Waals surface area contributed by atoms with E-state index >= 15 is 0 Å². The van der Waals surface area contributed by atoms with E-state index in [1.165, 1.54) is 6.42 Å². The molecule has 2 fully saturated rings. The Bertz CT molecular complexity index is 877. The first-order valence-corrected chi connectivity index (χ1v) is 13.7. The van der Waals surface area contributed by atoms with Crippen molar-refractivity contribution in [3.8, 4) is 0 Å². The number of rotatable bonds is 9. The zero-order chi connectivity index (χ0) is 25.7. The van der Waals surface area contributed by atoms with Crippen LogP contribution in [-0.4, -0.2) is 17.7 Å². The Hall–Kier alpha value is -2.37. The Balaban J connectivity index is 1.79. The first-order chi connectivity index (χ1) is 16.7. The monoisotopic (exact) mass is 483 g/mol. The molecule has 1 aromatic carbocycles. The molecule has 0 radical (unpaired) electrons. The van der Waals surface area contributed by atoms with Crippen molar-refractivity contribution in [3.63, 3.8) is 0 Å². The van der Waals surface area contributed by atoms with E-state index in [0.29, 0.717) is 46.0 Å². The van der Waals surface area contributed by atoms with E-state index in [-0.39, 0.29) is 17.7 Å². The molecule has 35 heavy (non-hydrogen) atoms. The highest BCUT2D eigenvalue weighted by Crippen LogP contribution is 2.42. The van der Waals surface area contributed by atoms with Crippen LogP contribution in [0.15, 0.2) is 12.1 Å². The van der Waals surface area contributed by atoms with Gasteiger partial charge in [0, 0.05) is 22.7 Å². The highest BCUT2D eigenvalue weighted by atomic mass is 16.2. The fourth-order valence-corrected chi connectivity index (χ4v) is 6.41. The minimum absolute atomic E-state index is 0.0553. The number of benzene rings is 1. The van der Waals surface area contributed by atoms with Crippen LogP contribution in [0.3, 0.4) is 0 Å². The van der Waals surface area contributed by atoms with Crippen LogP contribution in [0.1, 0.15) is 124 Å². The number of anilines is 1. The first-order valence-electron chi connectivity index (χ1n) is 13.7. The Kier molecular flexibility index (Phi) is 9.37. The van der Waals surface area contributed by atoms with E-state index in [1.807, 2.05) is 0 Å². The third kappa shape index (κ3) is 6.45. The van der Waals surface area contributed by atoms with E-state index in [0.717, 1.165) is 57.8 Å². The summed E-state index contributed by atoms with van der Waals surface area (Å²) in [6, 6.07) is 3.29. The molecule has 2 unspecified atom stereocenters. The van der Waals surface area contributed by atoms with Crippen LogP contribution in [0.25, 0.3) is 0 Å². The van der Waals surface area contributed by atoms with Crippen LogP contribution in [0.4, 0.5) is 5.69 Å². The molecule has 194 valence electrons. The number of primary amides is 2. The first kappa shape index (κ1) is 27.2. The van der Waals surface area contributed by atoms with Gasteiger partial charge >= 0.3 is 0 Å². The van der Waals surface area contributed by atoms with Gasteiger partial charge in [0.1, 0.15) is 0 Å². The maximum absolute atomic E-state index is 13.0. The molecule has 0 aliphatic heterocycles. The standard InChI is InChI=1S/C29H45N3O3/c1-5-17(3)19-7-11-21(12-8-19)26-24(27(30)33)15-23(16-25(26)28(31)34)32-29(35)22-13-9-20(10-14-22)18(4)6-2/h15-22H,5-14H2,1-4H3,(H2,30,33)(H2,31,34)(H,32,35). The van der Waals surface area contributed by atoms with Gasteiger partial charge in [-0.05, 0) is 98.7 Å². The summed E-state index contributed by atoms with van der Waals surface area (Å²) < 4.78 is 0. The summed E-state index contributed by atoms with van der Waals surface area (Å²) in [5, 5.41) is 2.97. The van der Waals surface area contributed by atoms with E-state index in [4.69, 9.17) is 11.5 Å². The maximum atomic E-state index is 13.0. The molecule has 3 rings (SSSR count). The molecule has 6 heteroatoms.